The first-order chi connectivity index (χ1) is 6.16. The average molecular weight is 198 g/mol. The van der Waals surface area contributed by atoms with Gasteiger partial charge in [-0.25, -0.2) is 4.98 Å². The van der Waals surface area contributed by atoms with Gasteiger partial charge in [0.25, 0.3) is 5.71 Å². The zero-order chi connectivity index (χ0) is 9.42. The Balaban J connectivity index is 2.62. The first-order valence-electron chi connectivity index (χ1n) is 3.96. The Morgan fingerprint density at radius 3 is 2.85 bits per heavy atom. The van der Waals surface area contributed by atoms with E-state index in [0.29, 0.717) is 22.4 Å². The summed E-state index contributed by atoms with van der Waals surface area (Å²) in [5.41, 5.74) is 0.907. The molecule has 0 unspecified atom stereocenters. The summed E-state index contributed by atoms with van der Waals surface area (Å²) in [5, 5.41) is 0.318. The lowest BCUT2D eigenvalue weighted by molar-refractivity contribution is 0.494. The van der Waals surface area contributed by atoms with E-state index in [0.717, 1.165) is 0 Å². The van der Waals surface area contributed by atoms with Crippen LogP contribution in [0.25, 0.3) is 11.4 Å². The smallest absolute Gasteiger partial charge is 0.268 e. The molecule has 0 aliphatic carbocycles. The molecule has 0 saturated heterocycles. The van der Waals surface area contributed by atoms with Gasteiger partial charge in [0.2, 0.25) is 11.5 Å². The fraction of sp³-hybridized carbons (Fsp3) is 0.375. The average Bonchev–Trinajstić information content (AvgIpc) is 2.46. The molecule has 0 spiro atoms. The third kappa shape index (κ3) is 1.49. The lowest BCUT2D eigenvalue weighted by Crippen LogP contribution is -1.85. The van der Waals surface area contributed by atoms with Gasteiger partial charge in [0.1, 0.15) is 0 Å². The topological polar surface area (TPSA) is 51.8 Å². The van der Waals surface area contributed by atoms with Crippen LogP contribution >= 0.6 is 11.6 Å². The second-order valence-corrected chi connectivity index (χ2v) is 3.42. The molecule has 0 saturated carbocycles. The number of hydrogen-bond donors (Lipinski definition) is 0. The molecule has 5 heteroatoms. The van der Waals surface area contributed by atoms with Crippen LogP contribution in [0, 0.1) is 0 Å². The zero-order valence-corrected chi connectivity index (χ0v) is 8.04. The third-order valence-electron chi connectivity index (χ3n) is 1.60. The highest BCUT2D eigenvalue weighted by molar-refractivity contribution is 6.29. The van der Waals surface area contributed by atoms with E-state index in [1.807, 2.05) is 13.8 Å². The lowest BCUT2D eigenvalue weighted by atomic mass is 10.2. The Hall–Kier alpha value is -1.16. The molecule has 4 nitrogen and oxygen atoms in total. The predicted molar refractivity (Wildman–Crippen MR) is 48.7 cm³/mol. The number of oxazole rings is 1. The van der Waals surface area contributed by atoms with Crippen molar-refractivity contribution in [3.8, 4) is 0 Å². The van der Waals surface area contributed by atoms with Crippen molar-refractivity contribution in [2.24, 2.45) is 0 Å². The van der Waals surface area contributed by atoms with E-state index in [1.165, 1.54) is 6.20 Å². The van der Waals surface area contributed by atoms with E-state index >= 15 is 0 Å². The molecule has 13 heavy (non-hydrogen) atoms. The van der Waals surface area contributed by atoms with Gasteiger partial charge in [0, 0.05) is 5.92 Å². The minimum absolute atomic E-state index is 0.231. The molecule has 2 rings (SSSR count). The van der Waals surface area contributed by atoms with Gasteiger partial charge in [-0.15, -0.1) is 0 Å². The fourth-order valence-electron chi connectivity index (χ4n) is 0.964. The minimum Gasteiger partial charge on any atom is -0.420 e. The van der Waals surface area contributed by atoms with E-state index in [-0.39, 0.29) is 5.92 Å². The lowest BCUT2D eigenvalue weighted by Gasteiger charge is -1.92. The van der Waals surface area contributed by atoms with Crippen LogP contribution in [0.2, 0.25) is 5.15 Å². The summed E-state index contributed by atoms with van der Waals surface area (Å²) in [7, 11) is 0. The van der Waals surface area contributed by atoms with Crippen LogP contribution in [0.4, 0.5) is 0 Å². The highest BCUT2D eigenvalue weighted by Gasteiger charge is 2.10. The van der Waals surface area contributed by atoms with Crippen molar-refractivity contribution in [2.75, 3.05) is 0 Å². The van der Waals surface area contributed by atoms with Crippen LogP contribution in [-0.2, 0) is 0 Å². The number of hydrogen-bond acceptors (Lipinski definition) is 4. The molecule has 2 aromatic heterocycles. The quantitative estimate of drug-likeness (QED) is 0.705. The second kappa shape index (κ2) is 2.96. The first-order valence-corrected chi connectivity index (χ1v) is 4.33. The highest BCUT2D eigenvalue weighted by atomic mass is 35.5. The molecule has 2 heterocycles. The number of rotatable bonds is 1. The van der Waals surface area contributed by atoms with Gasteiger partial charge in [-0.2, -0.15) is 9.97 Å². The fourth-order valence-corrected chi connectivity index (χ4v) is 1.09. The summed E-state index contributed by atoms with van der Waals surface area (Å²) < 4.78 is 5.34. The van der Waals surface area contributed by atoms with Gasteiger partial charge >= 0.3 is 0 Å². The molecule has 0 atom stereocenters. The van der Waals surface area contributed by atoms with Crippen LogP contribution in [-0.4, -0.2) is 15.0 Å². The molecule has 0 aliphatic heterocycles. The van der Waals surface area contributed by atoms with E-state index in [9.17, 15) is 0 Å². The second-order valence-electron chi connectivity index (χ2n) is 3.03. The molecule has 2 aromatic rings. The van der Waals surface area contributed by atoms with Crippen molar-refractivity contribution >= 4 is 23.0 Å². The Bertz CT molecular complexity index is 438. The van der Waals surface area contributed by atoms with Crippen molar-refractivity contribution in [1.82, 2.24) is 15.0 Å². The molecule has 0 aliphatic rings. The van der Waals surface area contributed by atoms with Crippen molar-refractivity contribution in [1.29, 1.82) is 0 Å². The number of fused-ring (bicyclic) bond motifs is 1. The molecular weight excluding hydrogens is 190 g/mol. The van der Waals surface area contributed by atoms with Crippen LogP contribution in [0.1, 0.15) is 25.7 Å². The van der Waals surface area contributed by atoms with Gasteiger partial charge in [-0.3, -0.25) is 0 Å². The van der Waals surface area contributed by atoms with Crippen LogP contribution in [0.5, 0.6) is 0 Å². The Morgan fingerprint density at radius 1 is 1.38 bits per heavy atom. The van der Waals surface area contributed by atoms with Crippen molar-refractivity contribution < 1.29 is 4.42 Å². The largest absolute Gasteiger partial charge is 0.420 e. The standard InChI is InChI=1S/C8H8ClN3O/c1-4(2)7-12-6-8(13-7)11-5(9)3-10-6/h3-4H,1-2H3. The van der Waals surface area contributed by atoms with Gasteiger partial charge in [0.05, 0.1) is 6.20 Å². The predicted octanol–water partition coefficient (Wildman–Crippen LogP) is 2.39. The van der Waals surface area contributed by atoms with E-state index in [1.54, 1.807) is 0 Å². The van der Waals surface area contributed by atoms with Gasteiger partial charge < -0.3 is 4.42 Å². The number of nitrogens with zero attached hydrogens (tertiary/aromatic N) is 3. The van der Waals surface area contributed by atoms with Gasteiger partial charge in [0.15, 0.2) is 5.15 Å². The van der Waals surface area contributed by atoms with Gasteiger partial charge in [-0.05, 0) is 0 Å². The van der Waals surface area contributed by atoms with Crippen LogP contribution in [0.15, 0.2) is 10.6 Å². The maximum Gasteiger partial charge on any atom is 0.268 e. The summed E-state index contributed by atoms with van der Waals surface area (Å²) in [5.74, 6) is 0.868. The summed E-state index contributed by atoms with van der Waals surface area (Å²) in [6.07, 6.45) is 1.45. The van der Waals surface area contributed by atoms with E-state index in [4.69, 9.17) is 16.0 Å². The SMILES string of the molecule is CC(C)c1nc2ncc(Cl)nc2o1. The molecule has 0 radical (unpaired) electrons. The Labute approximate surface area is 80.0 Å². The summed E-state index contributed by atoms with van der Waals surface area (Å²) in [6.45, 7) is 3.98. The van der Waals surface area contributed by atoms with Crippen molar-refractivity contribution in [3.63, 3.8) is 0 Å². The number of aromatic nitrogens is 3. The molecule has 0 N–H and O–H groups in total. The maximum absolute atomic E-state index is 5.65. The maximum atomic E-state index is 5.65. The zero-order valence-electron chi connectivity index (χ0n) is 7.28. The molecule has 0 amide bonds. The Kier molecular flexibility index (Phi) is 1.92. The molecule has 0 bridgehead atoms. The van der Waals surface area contributed by atoms with E-state index in [2.05, 4.69) is 15.0 Å². The van der Waals surface area contributed by atoms with Crippen LogP contribution < -0.4 is 0 Å². The molecule has 0 fully saturated rings. The molecule has 68 valence electrons. The summed E-state index contributed by atoms with van der Waals surface area (Å²) in [6, 6.07) is 0. The van der Waals surface area contributed by atoms with Gasteiger partial charge in [-0.1, -0.05) is 25.4 Å². The normalized spacial score (nSPS) is 11.4. The minimum atomic E-state index is 0.231. The summed E-state index contributed by atoms with van der Waals surface area (Å²) >= 11 is 5.65. The molecular formula is C8H8ClN3O. The summed E-state index contributed by atoms with van der Waals surface area (Å²) in [4.78, 5) is 12.1. The molecule has 0 aromatic carbocycles. The van der Waals surface area contributed by atoms with Crippen molar-refractivity contribution in [3.05, 3.63) is 17.2 Å². The first kappa shape index (κ1) is 8.44. The monoisotopic (exact) mass is 197 g/mol. The Morgan fingerprint density at radius 2 is 2.15 bits per heavy atom. The van der Waals surface area contributed by atoms with E-state index < -0.39 is 0 Å². The van der Waals surface area contributed by atoms with Crippen molar-refractivity contribution in [2.45, 2.75) is 19.8 Å². The number of halogens is 1. The third-order valence-corrected chi connectivity index (χ3v) is 1.79. The highest BCUT2D eigenvalue weighted by Crippen LogP contribution is 2.18. The van der Waals surface area contributed by atoms with Crippen LogP contribution in [0.3, 0.4) is 0 Å².